The normalized spacial score (nSPS) is 16.4. The zero-order chi connectivity index (χ0) is 25.6. The van der Waals surface area contributed by atoms with Crippen molar-refractivity contribution in [3.63, 3.8) is 0 Å². The Labute approximate surface area is 205 Å². The molecule has 0 saturated heterocycles. The number of rotatable bonds is 10. The molecule has 2 rings (SSSR count). The second-order valence-electron chi connectivity index (χ2n) is 10.9. The van der Waals surface area contributed by atoms with Crippen molar-refractivity contribution in [3.05, 3.63) is 35.4 Å². The molecule has 190 valence electrons. The van der Waals surface area contributed by atoms with Crippen LogP contribution >= 0.6 is 0 Å². The van der Waals surface area contributed by atoms with Crippen LogP contribution in [0.5, 0.6) is 0 Å². The zero-order valence-electron chi connectivity index (χ0n) is 22.1. The number of hydrogen-bond donors (Lipinski definition) is 2. The fourth-order valence-corrected chi connectivity index (χ4v) is 3.99. The van der Waals surface area contributed by atoms with Crippen molar-refractivity contribution in [2.24, 2.45) is 5.92 Å². The highest BCUT2D eigenvalue weighted by Gasteiger charge is 2.44. The molecule has 7 nitrogen and oxygen atoms in total. The highest BCUT2D eigenvalue weighted by atomic mass is 16.6. The van der Waals surface area contributed by atoms with E-state index in [0.29, 0.717) is 0 Å². The Balaban J connectivity index is 2.40. The maximum atomic E-state index is 13.9. The molecule has 34 heavy (non-hydrogen) atoms. The lowest BCUT2D eigenvalue weighted by Gasteiger charge is -2.36. The van der Waals surface area contributed by atoms with E-state index < -0.39 is 23.8 Å². The molecular formula is C27H43N3O4. The van der Waals surface area contributed by atoms with Crippen molar-refractivity contribution < 1.29 is 19.1 Å². The van der Waals surface area contributed by atoms with Gasteiger partial charge in [-0.05, 0) is 65.4 Å². The predicted molar refractivity (Wildman–Crippen MR) is 134 cm³/mol. The van der Waals surface area contributed by atoms with E-state index in [2.05, 4.69) is 17.6 Å². The summed E-state index contributed by atoms with van der Waals surface area (Å²) < 4.78 is 5.41. The number of carbonyl (C=O) groups excluding carboxylic acids is 3. The van der Waals surface area contributed by atoms with Crippen LogP contribution in [0.25, 0.3) is 0 Å². The molecule has 2 N–H and O–H groups in total. The molecule has 1 saturated carbocycles. The summed E-state index contributed by atoms with van der Waals surface area (Å²) >= 11 is 0. The molecule has 0 aliphatic heterocycles. The first-order valence-corrected chi connectivity index (χ1v) is 12.5. The first-order valence-electron chi connectivity index (χ1n) is 12.5. The molecule has 1 aliphatic carbocycles. The molecule has 0 aromatic heterocycles. The first kappa shape index (κ1) is 27.7. The second-order valence-corrected chi connectivity index (χ2v) is 10.9. The molecule has 7 heteroatoms. The van der Waals surface area contributed by atoms with Gasteiger partial charge in [-0.1, -0.05) is 57.0 Å². The van der Waals surface area contributed by atoms with E-state index in [4.69, 9.17) is 4.74 Å². The summed E-state index contributed by atoms with van der Waals surface area (Å²) in [6, 6.07) is 6.15. The van der Waals surface area contributed by atoms with Gasteiger partial charge in [-0.15, -0.1) is 0 Å². The minimum absolute atomic E-state index is 0.00221. The first-order chi connectivity index (χ1) is 15.8. The number of carbonyl (C=O) groups is 3. The summed E-state index contributed by atoms with van der Waals surface area (Å²) in [7, 11) is 0. The number of ether oxygens (including phenoxy) is 1. The molecule has 3 amide bonds. The molecule has 1 aromatic rings. The van der Waals surface area contributed by atoms with Gasteiger partial charge < -0.3 is 20.3 Å². The average molecular weight is 474 g/mol. The van der Waals surface area contributed by atoms with Gasteiger partial charge in [-0.25, -0.2) is 4.79 Å². The highest BCUT2D eigenvalue weighted by molar-refractivity contribution is 5.92. The van der Waals surface area contributed by atoms with E-state index >= 15 is 0 Å². The van der Waals surface area contributed by atoms with Crippen molar-refractivity contribution in [1.29, 1.82) is 0 Å². The second kappa shape index (κ2) is 11.7. The van der Waals surface area contributed by atoms with Crippen molar-refractivity contribution in [3.8, 4) is 0 Å². The van der Waals surface area contributed by atoms with Crippen molar-refractivity contribution in [2.45, 2.75) is 111 Å². The Morgan fingerprint density at radius 3 is 2.12 bits per heavy atom. The Kier molecular flexibility index (Phi) is 9.54. The van der Waals surface area contributed by atoms with Crippen LogP contribution in [0.4, 0.5) is 4.79 Å². The topological polar surface area (TPSA) is 87.7 Å². The molecule has 1 aliphatic rings. The molecule has 0 heterocycles. The predicted octanol–water partition coefficient (Wildman–Crippen LogP) is 4.88. The third-order valence-electron chi connectivity index (χ3n) is 5.83. The third-order valence-corrected chi connectivity index (χ3v) is 5.83. The van der Waals surface area contributed by atoms with Gasteiger partial charge in [-0.2, -0.15) is 0 Å². The third kappa shape index (κ3) is 8.03. The molecule has 3 atom stereocenters. The van der Waals surface area contributed by atoms with Gasteiger partial charge in [0, 0.05) is 12.1 Å². The maximum absolute atomic E-state index is 13.9. The zero-order valence-corrected chi connectivity index (χ0v) is 22.1. The van der Waals surface area contributed by atoms with E-state index in [-0.39, 0.29) is 29.8 Å². The van der Waals surface area contributed by atoms with Crippen LogP contribution < -0.4 is 10.6 Å². The SMILES string of the molecule is CCCC(C)NC(=O)C(c1ccc(C)cc1)N(C(=O)C(NC(=O)OC(C)(C)C)C(C)C)C1CC1. The molecule has 0 radical (unpaired) electrons. The maximum Gasteiger partial charge on any atom is 0.408 e. The van der Waals surface area contributed by atoms with Gasteiger partial charge in [0.2, 0.25) is 11.8 Å². The standard InChI is InChI=1S/C27H43N3O4/c1-9-10-19(5)28-24(31)23(20-13-11-18(4)12-14-20)30(21-15-16-21)25(32)22(17(2)3)29-26(33)34-27(6,7)8/h11-14,17,19,21-23H,9-10,15-16H2,1-8H3,(H,28,31)(H,29,33). The summed E-state index contributed by atoms with van der Waals surface area (Å²) in [5.41, 5.74) is 1.18. The van der Waals surface area contributed by atoms with E-state index in [0.717, 1.165) is 36.8 Å². The van der Waals surface area contributed by atoms with Gasteiger partial charge in [0.15, 0.2) is 0 Å². The summed E-state index contributed by atoms with van der Waals surface area (Å²) in [5, 5.41) is 5.87. The minimum Gasteiger partial charge on any atom is -0.444 e. The smallest absolute Gasteiger partial charge is 0.408 e. The lowest BCUT2D eigenvalue weighted by atomic mass is 9.97. The lowest BCUT2D eigenvalue weighted by molar-refractivity contribution is -0.144. The summed E-state index contributed by atoms with van der Waals surface area (Å²) in [5.74, 6) is -0.626. The van der Waals surface area contributed by atoms with Crippen molar-refractivity contribution in [2.75, 3.05) is 0 Å². The summed E-state index contributed by atoms with van der Waals surface area (Å²) in [6.07, 6.45) is 2.85. The van der Waals surface area contributed by atoms with Crippen molar-refractivity contribution in [1.82, 2.24) is 15.5 Å². The molecule has 1 aromatic carbocycles. The Bertz CT molecular complexity index is 840. The van der Waals surface area contributed by atoms with Gasteiger partial charge in [0.1, 0.15) is 17.7 Å². The largest absolute Gasteiger partial charge is 0.444 e. The number of hydrogen-bond acceptors (Lipinski definition) is 4. The Morgan fingerprint density at radius 2 is 1.65 bits per heavy atom. The number of benzene rings is 1. The van der Waals surface area contributed by atoms with Crippen molar-refractivity contribution >= 4 is 17.9 Å². The number of nitrogens with zero attached hydrogens (tertiary/aromatic N) is 1. The van der Waals surface area contributed by atoms with Gasteiger partial charge in [0.05, 0.1) is 0 Å². The molecule has 0 spiro atoms. The highest BCUT2D eigenvalue weighted by Crippen LogP contribution is 2.36. The van der Waals surface area contributed by atoms with E-state index in [1.54, 1.807) is 25.7 Å². The van der Waals surface area contributed by atoms with Crippen LogP contribution in [-0.4, -0.2) is 46.5 Å². The Morgan fingerprint density at radius 1 is 1.06 bits per heavy atom. The molecule has 1 fully saturated rings. The van der Waals surface area contributed by atoms with Crippen LogP contribution in [0.15, 0.2) is 24.3 Å². The fourth-order valence-electron chi connectivity index (χ4n) is 3.99. The summed E-state index contributed by atoms with van der Waals surface area (Å²) in [6.45, 7) is 15.2. The molecule has 0 bridgehead atoms. The van der Waals surface area contributed by atoms with E-state index in [1.807, 2.05) is 52.0 Å². The summed E-state index contributed by atoms with van der Waals surface area (Å²) in [4.78, 5) is 41.7. The Hall–Kier alpha value is -2.57. The number of nitrogens with one attached hydrogen (secondary N) is 2. The monoisotopic (exact) mass is 473 g/mol. The van der Waals surface area contributed by atoms with E-state index in [9.17, 15) is 14.4 Å². The lowest BCUT2D eigenvalue weighted by Crippen LogP contribution is -2.56. The van der Waals surface area contributed by atoms with E-state index in [1.165, 1.54) is 0 Å². The number of alkyl carbamates (subject to hydrolysis) is 1. The van der Waals surface area contributed by atoms with Crippen LogP contribution in [0.2, 0.25) is 0 Å². The van der Waals surface area contributed by atoms with Crippen LogP contribution in [0, 0.1) is 12.8 Å². The van der Waals surface area contributed by atoms with Gasteiger partial charge >= 0.3 is 6.09 Å². The molecular weight excluding hydrogens is 430 g/mol. The van der Waals surface area contributed by atoms with Gasteiger partial charge in [-0.3, -0.25) is 9.59 Å². The fraction of sp³-hybridized carbons (Fsp3) is 0.667. The van der Waals surface area contributed by atoms with Crippen LogP contribution in [0.3, 0.4) is 0 Å². The number of aryl methyl sites for hydroxylation is 1. The van der Waals surface area contributed by atoms with Gasteiger partial charge in [0.25, 0.3) is 0 Å². The molecule has 3 unspecified atom stereocenters. The number of amides is 3. The average Bonchev–Trinajstić information content (AvgIpc) is 3.54. The van der Waals surface area contributed by atoms with Crippen LogP contribution in [0.1, 0.15) is 91.3 Å². The van der Waals surface area contributed by atoms with Crippen LogP contribution in [-0.2, 0) is 14.3 Å². The minimum atomic E-state index is -0.802. The quantitative estimate of drug-likeness (QED) is 0.507.